The number of amides is 1. The zero-order valence-corrected chi connectivity index (χ0v) is 13.7. The molecule has 2 aliphatic heterocycles. The maximum atomic E-state index is 12.3. The van der Waals surface area contributed by atoms with E-state index in [-0.39, 0.29) is 5.91 Å². The number of ether oxygens (including phenoxy) is 2. The molecule has 6 heteroatoms. The Kier molecular flexibility index (Phi) is 4.76. The van der Waals surface area contributed by atoms with E-state index < -0.39 is 11.8 Å². The largest absolute Gasteiger partial charge is 0.509 e. The van der Waals surface area contributed by atoms with Crippen molar-refractivity contribution < 1.29 is 19.1 Å². The van der Waals surface area contributed by atoms with Gasteiger partial charge in [-0.15, -0.1) is 0 Å². The normalized spacial score (nSPS) is 19.5. The second-order valence-electron chi connectivity index (χ2n) is 6.18. The SMILES string of the molecule is O=C1OCC2(CCN(C(=O)CCCc3ccc(Cl)cc3)CC2)O1. The topological polar surface area (TPSA) is 55.8 Å². The van der Waals surface area contributed by atoms with E-state index in [4.69, 9.17) is 21.1 Å². The number of carbonyl (C=O) groups is 2. The summed E-state index contributed by atoms with van der Waals surface area (Å²) in [5, 5.41) is 0.726. The molecule has 0 radical (unpaired) electrons. The van der Waals surface area contributed by atoms with Gasteiger partial charge in [-0.3, -0.25) is 4.79 Å². The molecule has 1 aromatic carbocycles. The van der Waals surface area contributed by atoms with Crippen LogP contribution in [0.5, 0.6) is 0 Å². The molecule has 124 valence electrons. The van der Waals surface area contributed by atoms with Gasteiger partial charge in [0.05, 0.1) is 0 Å². The average molecular weight is 338 g/mol. The third-order valence-electron chi connectivity index (χ3n) is 4.55. The summed E-state index contributed by atoms with van der Waals surface area (Å²) in [5.74, 6) is 0.166. The molecule has 1 spiro atoms. The van der Waals surface area contributed by atoms with Gasteiger partial charge in [0.15, 0.2) is 5.60 Å². The van der Waals surface area contributed by atoms with Gasteiger partial charge < -0.3 is 14.4 Å². The molecule has 0 aliphatic carbocycles. The van der Waals surface area contributed by atoms with Crippen molar-refractivity contribution in [3.8, 4) is 0 Å². The number of halogens is 1. The number of hydrogen-bond acceptors (Lipinski definition) is 4. The van der Waals surface area contributed by atoms with Crippen LogP contribution in [0.25, 0.3) is 0 Å². The summed E-state index contributed by atoms with van der Waals surface area (Å²) in [4.78, 5) is 25.2. The van der Waals surface area contributed by atoms with Crippen molar-refractivity contribution in [1.82, 2.24) is 4.90 Å². The fourth-order valence-electron chi connectivity index (χ4n) is 3.09. The number of rotatable bonds is 4. The Morgan fingerprint density at radius 3 is 2.52 bits per heavy atom. The minimum absolute atomic E-state index is 0.166. The molecule has 23 heavy (non-hydrogen) atoms. The Morgan fingerprint density at radius 2 is 1.91 bits per heavy atom. The number of cyclic esters (lactones) is 1. The predicted octanol–water partition coefficient (Wildman–Crippen LogP) is 3.19. The maximum absolute atomic E-state index is 12.3. The van der Waals surface area contributed by atoms with Crippen LogP contribution < -0.4 is 0 Å². The van der Waals surface area contributed by atoms with Crippen LogP contribution in [0.3, 0.4) is 0 Å². The lowest BCUT2D eigenvalue weighted by Gasteiger charge is -2.36. The number of hydrogen-bond donors (Lipinski definition) is 0. The van der Waals surface area contributed by atoms with Crippen LogP contribution in [0, 0.1) is 0 Å². The summed E-state index contributed by atoms with van der Waals surface area (Å²) in [5.41, 5.74) is 0.687. The van der Waals surface area contributed by atoms with Gasteiger partial charge >= 0.3 is 6.16 Å². The van der Waals surface area contributed by atoms with E-state index in [0.717, 1.165) is 17.9 Å². The molecule has 2 heterocycles. The number of aryl methyl sites for hydroxylation is 1. The van der Waals surface area contributed by atoms with Crippen LogP contribution >= 0.6 is 11.6 Å². The number of nitrogens with zero attached hydrogens (tertiary/aromatic N) is 1. The van der Waals surface area contributed by atoms with Crippen LogP contribution in [-0.2, 0) is 20.7 Å². The Balaban J connectivity index is 1.41. The first kappa shape index (κ1) is 16.1. The summed E-state index contributed by atoms with van der Waals surface area (Å²) in [7, 11) is 0. The molecule has 0 unspecified atom stereocenters. The van der Waals surface area contributed by atoms with Crippen molar-refractivity contribution in [2.45, 2.75) is 37.7 Å². The summed E-state index contributed by atoms with van der Waals surface area (Å²) >= 11 is 5.86. The van der Waals surface area contributed by atoms with Crippen LogP contribution in [-0.4, -0.2) is 42.3 Å². The van der Waals surface area contributed by atoms with Crippen molar-refractivity contribution in [1.29, 1.82) is 0 Å². The van der Waals surface area contributed by atoms with Gasteiger partial charge in [0.25, 0.3) is 0 Å². The number of piperidine rings is 1. The molecule has 0 N–H and O–H groups in total. The zero-order chi connectivity index (χ0) is 16.3. The number of carbonyl (C=O) groups excluding carboxylic acids is 2. The van der Waals surface area contributed by atoms with Crippen LogP contribution in [0.1, 0.15) is 31.2 Å². The first-order valence-electron chi connectivity index (χ1n) is 7.94. The molecule has 1 amide bonds. The molecule has 3 rings (SSSR count). The van der Waals surface area contributed by atoms with Crippen molar-refractivity contribution in [2.24, 2.45) is 0 Å². The van der Waals surface area contributed by atoms with Gasteiger partial charge in [-0.05, 0) is 30.5 Å². The molecule has 5 nitrogen and oxygen atoms in total. The fraction of sp³-hybridized carbons (Fsp3) is 0.529. The summed E-state index contributed by atoms with van der Waals surface area (Å²) < 4.78 is 10.1. The van der Waals surface area contributed by atoms with E-state index >= 15 is 0 Å². The second kappa shape index (κ2) is 6.79. The van der Waals surface area contributed by atoms with Crippen LogP contribution in [0.4, 0.5) is 4.79 Å². The summed E-state index contributed by atoms with van der Waals surface area (Å²) in [6.45, 7) is 1.55. The highest BCUT2D eigenvalue weighted by atomic mass is 35.5. The fourth-order valence-corrected chi connectivity index (χ4v) is 3.22. The quantitative estimate of drug-likeness (QED) is 0.792. The van der Waals surface area contributed by atoms with E-state index in [0.29, 0.717) is 39.0 Å². The molecule has 0 atom stereocenters. The van der Waals surface area contributed by atoms with Crippen LogP contribution in [0.15, 0.2) is 24.3 Å². The van der Waals surface area contributed by atoms with Crippen molar-refractivity contribution in [3.05, 3.63) is 34.9 Å². The van der Waals surface area contributed by atoms with Gasteiger partial charge in [0.1, 0.15) is 6.61 Å². The minimum Gasteiger partial charge on any atom is -0.430 e. The van der Waals surface area contributed by atoms with Gasteiger partial charge in [0, 0.05) is 37.4 Å². The van der Waals surface area contributed by atoms with E-state index in [1.807, 2.05) is 29.2 Å². The first-order chi connectivity index (χ1) is 11.1. The molecule has 0 saturated carbocycles. The lowest BCUT2D eigenvalue weighted by molar-refractivity contribution is -0.134. The Bertz CT molecular complexity index is 579. The van der Waals surface area contributed by atoms with Gasteiger partial charge in [-0.2, -0.15) is 0 Å². The molecule has 1 aromatic rings. The van der Waals surface area contributed by atoms with E-state index in [2.05, 4.69) is 0 Å². The van der Waals surface area contributed by atoms with Gasteiger partial charge in [-0.1, -0.05) is 23.7 Å². The van der Waals surface area contributed by atoms with Crippen molar-refractivity contribution in [3.63, 3.8) is 0 Å². The van der Waals surface area contributed by atoms with E-state index in [1.165, 1.54) is 5.56 Å². The molecular formula is C17H20ClNO4. The number of benzene rings is 1. The molecular weight excluding hydrogens is 318 g/mol. The average Bonchev–Trinajstić information content (AvgIpc) is 2.90. The predicted molar refractivity (Wildman–Crippen MR) is 85.4 cm³/mol. The highest BCUT2D eigenvalue weighted by molar-refractivity contribution is 6.30. The highest BCUT2D eigenvalue weighted by Gasteiger charge is 2.45. The maximum Gasteiger partial charge on any atom is 0.509 e. The Labute approximate surface area is 140 Å². The Morgan fingerprint density at radius 1 is 1.22 bits per heavy atom. The standard InChI is InChI=1S/C17H20ClNO4/c18-14-6-4-13(5-7-14)2-1-3-15(20)19-10-8-17(9-11-19)12-22-16(21)23-17/h4-7H,1-3,8-12H2. The lowest BCUT2D eigenvalue weighted by Crippen LogP contribution is -2.48. The molecule has 0 aromatic heterocycles. The Hall–Kier alpha value is -1.75. The smallest absolute Gasteiger partial charge is 0.430 e. The second-order valence-corrected chi connectivity index (χ2v) is 6.62. The molecule has 2 aliphatic rings. The lowest BCUT2D eigenvalue weighted by atomic mass is 9.92. The third-order valence-corrected chi connectivity index (χ3v) is 4.80. The third kappa shape index (κ3) is 3.96. The summed E-state index contributed by atoms with van der Waals surface area (Å²) in [6, 6.07) is 7.72. The van der Waals surface area contributed by atoms with E-state index in [1.54, 1.807) is 0 Å². The monoisotopic (exact) mass is 337 g/mol. The highest BCUT2D eigenvalue weighted by Crippen LogP contribution is 2.31. The van der Waals surface area contributed by atoms with Crippen LogP contribution in [0.2, 0.25) is 5.02 Å². The van der Waals surface area contributed by atoms with E-state index in [9.17, 15) is 9.59 Å². The summed E-state index contributed by atoms with van der Waals surface area (Å²) in [6.07, 6.45) is 2.94. The van der Waals surface area contributed by atoms with Crippen molar-refractivity contribution >= 4 is 23.7 Å². The molecule has 2 fully saturated rings. The minimum atomic E-state index is -0.590. The number of likely N-dealkylation sites (tertiary alicyclic amines) is 1. The zero-order valence-electron chi connectivity index (χ0n) is 12.9. The van der Waals surface area contributed by atoms with Crippen molar-refractivity contribution in [2.75, 3.05) is 19.7 Å². The van der Waals surface area contributed by atoms with Gasteiger partial charge in [0.2, 0.25) is 5.91 Å². The molecule has 0 bridgehead atoms. The van der Waals surface area contributed by atoms with Gasteiger partial charge in [-0.25, -0.2) is 4.79 Å². The first-order valence-corrected chi connectivity index (χ1v) is 8.32. The molecule has 2 saturated heterocycles.